The number of amides is 1. The van der Waals surface area contributed by atoms with E-state index >= 15 is 0 Å². The van der Waals surface area contributed by atoms with Crippen molar-refractivity contribution in [2.75, 3.05) is 21.9 Å². The molecule has 1 aliphatic heterocycles. The molecule has 1 saturated heterocycles. The summed E-state index contributed by atoms with van der Waals surface area (Å²) in [6.45, 7) is 4.50. The molecule has 0 unspecified atom stereocenters. The van der Waals surface area contributed by atoms with E-state index in [2.05, 4.69) is 5.32 Å². The molecule has 6 heteroatoms. The van der Waals surface area contributed by atoms with Crippen LogP contribution in [0.15, 0.2) is 24.3 Å². The van der Waals surface area contributed by atoms with Crippen molar-refractivity contribution in [2.45, 2.75) is 26.7 Å². The summed E-state index contributed by atoms with van der Waals surface area (Å²) in [5.41, 5.74) is 1.35. The fourth-order valence-electron chi connectivity index (χ4n) is 2.22. The molecule has 0 atom stereocenters. The first kappa shape index (κ1) is 14.8. The van der Waals surface area contributed by atoms with Gasteiger partial charge >= 0.3 is 0 Å². The van der Waals surface area contributed by atoms with Gasteiger partial charge in [-0.2, -0.15) is 0 Å². The van der Waals surface area contributed by atoms with E-state index in [1.165, 1.54) is 4.31 Å². The minimum absolute atomic E-state index is 0.0263. The Hall–Kier alpha value is -1.56. The van der Waals surface area contributed by atoms with Crippen LogP contribution in [-0.4, -0.2) is 26.6 Å². The Bertz CT molecular complexity index is 579. The number of anilines is 2. The smallest absolute Gasteiger partial charge is 0.235 e. The van der Waals surface area contributed by atoms with Gasteiger partial charge in [0.15, 0.2) is 0 Å². The Morgan fingerprint density at radius 3 is 2.45 bits per heavy atom. The maximum Gasteiger partial charge on any atom is 0.235 e. The number of hydrogen-bond donors (Lipinski definition) is 1. The lowest BCUT2D eigenvalue weighted by molar-refractivity contribution is -0.116. The summed E-state index contributed by atoms with van der Waals surface area (Å²) in [6, 6.07) is 6.94. The highest BCUT2D eigenvalue weighted by Crippen LogP contribution is 2.25. The van der Waals surface area contributed by atoms with Gasteiger partial charge in [0.2, 0.25) is 15.9 Å². The second kappa shape index (κ2) is 5.83. The van der Waals surface area contributed by atoms with Gasteiger partial charge in [0.1, 0.15) is 0 Å². The Kier molecular flexibility index (Phi) is 4.32. The number of benzene rings is 1. The highest BCUT2D eigenvalue weighted by Gasteiger charge is 2.28. The van der Waals surface area contributed by atoms with E-state index in [-0.39, 0.29) is 11.7 Å². The average molecular weight is 296 g/mol. The molecule has 0 bridgehead atoms. The van der Waals surface area contributed by atoms with Gasteiger partial charge in [-0.25, -0.2) is 8.42 Å². The van der Waals surface area contributed by atoms with Crippen molar-refractivity contribution in [1.82, 2.24) is 0 Å². The highest BCUT2D eigenvalue weighted by atomic mass is 32.2. The van der Waals surface area contributed by atoms with Crippen molar-refractivity contribution in [3.05, 3.63) is 24.3 Å². The summed E-state index contributed by atoms with van der Waals surface area (Å²) in [7, 11) is -3.15. The van der Waals surface area contributed by atoms with Crippen LogP contribution in [0.5, 0.6) is 0 Å². The van der Waals surface area contributed by atoms with E-state index in [1.807, 2.05) is 13.8 Å². The van der Waals surface area contributed by atoms with Crippen LogP contribution in [0.1, 0.15) is 26.7 Å². The molecule has 20 heavy (non-hydrogen) atoms. The largest absolute Gasteiger partial charge is 0.326 e. The van der Waals surface area contributed by atoms with Gasteiger partial charge in [0.25, 0.3) is 0 Å². The average Bonchev–Trinajstić information content (AvgIpc) is 2.69. The Labute approximate surface area is 120 Å². The van der Waals surface area contributed by atoms with Crippen LogP contribution >= 0.6 is 0 Å². The molecular weight excluding hydrogens is 276 g/mol. The topological polar surface area (TPSA) is 66.5 Å². The summed E-state index contributed by atoms with van der Waals surface area (Å²) < 4.78 is 25.0. The highest BCUT2D eigenvalue weighted by molar-refractivity contribution is 7.93. The number of carbonyl (C=O) groups is 1. The van der Waals surface area contributed by atoms with Crippen molar-refractivity contribution in [3.8, 4) is 0 Å². The second-order valence-electron chi connectivity index (χ2n) is 5.43. The maximum absolute atomic E-state index is 11.8. The molecule has 1 aromatic carbocycles. The lowest BCUT2D eigenvalue weighted by Gasteiger charge is -2.17. The molecule has 0 aliphatic carbocycles. The summed E-state index contributed by atoms with van der Waals surface area (Å²) in [5, 5.41) is 2.80. The van der Waals surface area contributed by atoms with Gasteiger partial charge in [-0.15, -0.1) is 0 Å². The van der Waals surface area contributed by atoms with Gasteiger partial charge in [0.05, 0.1) is 11.4 Å². The Morgan fingerprint density at radius 1 is 1.30 bits per heavy atom. The zero-order chi connectivity index (χ0) is 14.8. The summed E-state index contributed by atoms with van der Waals surface area (Å²) in [4.78, 5) is 11.6. The third-order valence-electron chi connectivity index (χ3n) is 3.13. The van der Waals surface area contributed by atoms with Crippen molar-refractivity contribution < 1.29 is 13.2 Å². The summed E-state index contributed by atoms with van der Waals surface area (Å²) >= 11 is 0. The van der Waals surface area contributed by atoms with Crippen LogP contribution in [0, 0.1) is 5.92 Å². The van der Waals surface area contributed by atoms with Crippen molar-refractivity contribution in [1.29, 1.82) is 0 Å². The van der Waals surface area contributed by atoms with Gasteiger partial charge in [-0.3, -0.25) is 9.10 Å². The SMILES string of the molecule is CC(C)CC(=O)Nc1ccc(N2CCCS2(=O)=O)cc1. The number of nitrogens with zero attached hydrogens (tertiary/aromatic N) is 1. The van der Waals surface area contributed by atoms with Crippen molar-refractivity contribution >= 4 is 27.3 Å². The molecule has 0 spiro atoms. The number of hydrogen-bond acceptors (Lipinski definition) is 3. The normalized spacial score (nSPS) is 17.4. The molecule has 1 fully saturated rings. The minimum Gasteiger partial charge on any atom is -0.326 e. The van der Waals surface area contributed by atoms with E-state index in [0.717, 1.165) is 0 Å². The van der Waals surface area contributed by atoms with Crippen molar-refractivity contribution in [3.63, 3.8) is 0 Å². The van der Waals surface area contributed by atoms with Crippen LogP contribution in [0.2, 0.25) is 0 Å². The van der Waals surface area contributed by atoms with E-state index in [4.69, 9.17) is 0 Å². The first-order valence-corrected chi connectivity index (χ1v) is 8.40. The van der Waals surface area contributed by atoms with Gasteiger partial charge in [-0.1, -0.05) is 13.8 Å². The first-order valence-electron chi connectivity index (χ1n) is 6.79. The number of sulfonamides is 1. The number of carbonyl (C=O) groups excluding carboxylic acids is 1. The standard InChI is InChI=1S/C14H20N2O3S/c1-11(2)10-14(17)15-12-4-6-13(7-5-12)16-8-3-9-20(16,18)19/h4-7,11H,3,8-10H2,1-2H3,(H,15,17). The third-order valence-corrected chi connectivity index (χ3v) is 5.00. The molecule has 1 aliphatic rings. The quantitative estimate of drug-likeness (QED) is 0.926. The molecule has 5 nitrogen and oxygen atoms in total. The van der Waals surface area contributed by atoms with Crippen LogP contribution < -0.4 is 9.62 Å². The lowest BCUT2D eigenvalue weighted by Crippen LogP contribution is -2.25. The molecule has 1 N–H and O–H groups in total. The Balaban J connectivity index is 2.05. The summed E-state index contributed by atoms with van der Waals surface area (Å²) in [5.74, 6) is 0.491. The second-order valence-corrected chi connectivity index (χ2v) is 7.45. The van der Waals surface area contributed by atoms with Crippen LogP contribution in [0.4, 0.5) is 11.4 Å². The summed E-state index contributed by atoms with van der Waals surface area (Å²) in [6.07, 6.45) is 1.14. The van der Waals surface area contributed by atoms with Crippen LogP contribution in [0.3, 0.4) is 0 Å². The molecule has 0 radical (unpaired) electrons. The van der Waals surface area contributed by atoms with E-state index < -0.39 is 10.0 Å². The van der Waals surface area contributed by atoms with Gasteiger partial charge in [-0.05, 0) is 36.6 Å². The third kappa shape index (κ3) is 3.50. The lowest BCUT2D eigenvalue weighted by atomic mass is 10.1. The maximum atomic E-state index is 11.8. The molecule has 1 heterocycles. The zero-order valence-corrected chi connectivity index (χ0v) is 12.6. The first-order chi connectivity index (χ1) is 9.38. The van der Waals surface area contributed by atoms with E-state index in [9.17, 15) is 13.2 Å². The molecule has 110 valence electrons. The van der Waals surface area contributed by atoms with Crippen molar-refractivity contribution in [2.24, 2.45) is 5.92 Å². The zero-order valence-electron chi connectivity index (χ0n) is 11.8. The molecule has 0 aromatic heterocycles. The number of rotatable bonds is 4. The van der Waals surface area contributed by atoms with Crippen LogP contribution in [-0.2, 0) is 14.8 Å². The predicted octanol–water partition coefficient (Wildman–Crippen LogP) is 2.21. The van der Waals surface area contributed by atoms with Crippen LogP contribution in [0.25, 0.3) is 0 Å². The molecule has 1 aromatic rings. The minimum atomic E-state index is -3.15. The Morgan fingerprint density at radius 2 is 1.95 bits per heavy atom. The van der Waals surface area contributed by atoms with E-state index in [0.29, 0.717) is 36.7 Å². The number of nitrogens with one attached hydrogen (secondary N) is 1. The van der Waals surface area contributed by atoms with Gasteiger partial charge in [0, 0.05) is 18.7 Å². The predicted molar refractivity (Wildman–Crippen MR) is 80.3 cm³/mol. The van der Waals surface area contributed by atoms with E-state index in [1.54, 1.807) is 24.3 Å². The molecule has 2 rings (SSSR count). The fraction of sp³-hybridized carbons (Fsp3) is 0.500. The molecular formula is C14H20N2O3S. The molecule has 1 amide bonds. The fourth-order valence-corrected chi connectivity index (χ4v) is 3.79. The van der Waals surface area contributed by atoms with Gasteiger partial charge < -0.3 is 5.32 Å². The molecule has 0 saturated carbocycles. The monoisotopic (exact) mass is 296 g/mol.